The Bertz CT molecular complexity index is 692. The fourth-order valence-electron chi connectivity index (χ4n) is 1.42. The van der Waals surface area contributed by atoms with Crippen molar-refractivity contribution in [2.24, 2.45) is 0 Å². The summed E-state index contributed by atoms with van der Waals surface area (Å²) >= 11 is 1.23. The maximum Gasteiger partial charge on any atom is 0.422 e. The number of hydrogen-bond donors (Lipinski definition) is 1. The summed E-state index contributed by atoms with van der Waals surface area (Å²) in [6.07, 6.45) is -3.20. The topological polar surface area (TPSA) is 68.3 Å². The first-order chi connectivity index (χ1) is 10.3. The van der Waals surface area contributed by atoms with Crippen molar-refractivity contribution in [1.29, 1.82) is 0 Å². The molecule has 0 aliphatic carbocycles. The van der Waals surface area contributed by atoms with E-state index in [1.165, 1.54) is 11.3 Å². The number of para-hydroxylation sites is 1. The highest BCUT2D eigenvalue weighted by Crippen LogP contribution is 2.25. The fourth-order valence-corrected chi connectivity index (χ4v) is 2.29. The first kappa shape index (κ1) is 16.0. The molecule has 0 bridgehead atoms. The van der Waals surface area contributed by atoms with Crippen LogP contribution in [0, 0.1) is 0 Å². The lowest BCUT2D eigenvalue weighted by molar-refractivity contribution is -0.182. The molecule has 0 aliphatic heterocycles. The molecule has 1 aromatic carbocycles. The lowest BCUT2D eigenvalue weighted by atomic mass is 10.3. The van der Waals surface area contributed by atoms with Gasteiger partial charge in [0.15, 0.2) is 11.7 Å². The van der Waals surface area contributed by atoms with Gasteiger partial charge in [-0.1, -0.05) is 23.5 Å². The Morgan fingerprint density at radius 1 is 1.27 bits per heavy atom. The van der Waals surface area contributed by atoms with Crippen LogP contribution in [0.25, 0.3) is 10.2 Å². The Morgan fingerprint density at radius 3 is 2.68 bits per heavy atom. The van der Waals surface area contributed by atoms with Gasteiger partial charge in [0.25, 0.3) is 0 Å². The van der Waals surface area contributed by atoms with Crippen molar-refractivity contribution in [3.8, 4) is 0 Å². The van der Waals surface area contributed by atoms with Crippen LogP contribution < -0.4 is 5.32 Å². The number of hydrogen-bond acceptors (Lipinski definition) is 5. The van der Waals surface area contributed by atoms with Crippen LogP contribution in [0.15, 0.2) is 36.4 Å². The van der Waals surface area contributed by atoms with E-state index < -0.39 is 24.7 Å². The summed E-state index contributed by atoms with van der Waals surface area (Å²) in [5.74, 6) is -1.94. The standard InChI is InChI=1S/C13H9F3N2O3S/c14-13(15,16)7-21-11(20)6-5-10(19)18-12-17-8-3-1-2-4-9(8)22-12/h1-6H,7H2,(H,17,18,19). The largest absolute Gasteiger partial charge is 0.453 e. The van der Waals surface area contributed by atoms with Crippen molar-refractivity contribution < 1.29 is 27.5 Å². The van der Waals surface area contributed by atoms with Crippen LogP contribution in [0.4, 0.5) is 18.3 Å². The number of nitrogens with zero attached hydrogens (tertiary/aromatic N) is 1. The summed E-state index contributed by atoms with van der Waals surface area (Å²) in [5, 5.41) is 2.73. The first-order valence-electron chi connectivity index (χ1n) is 5.92. The highest BCUT2D eigenvalue weighted by Gasteiger charge is 2.29. The number of carbonyl (C=O) groups excluding carboxylic acids is 2. The third kappa shape index (κ3) is 4.85. The van der Waals surface area contributed by atoms with Crippen LogP contribution in [-0.4, -0.2) is 29.6 Å². The van der Waals surface area contributed by atoms with Gasteiger partial charge in [0.2, 0.25) is 5.91 Å². The fraction of sp³-hybridized carbons (Fsp3) is 0.154. The molecule has 9 heteroatoms. The van der Waals surface area contributed by atoms with Gasteiger partial charge in [0.1, 0.15) is 0 Å². The molecule has 0 unspecified atom stereocenters. The molecule has 22 heavy (non-hydrogen) atoms. The summed E-state index contributed by atoms with van der Waals surface area (Å²) in [4.78, 5) is 26.7. The number of halogens is 3. The number of ether oxygens (including phenoxy) is 1. The predicted molar refractivity (Wildman–Crippen MR) is 74.4 cm³/mol. The number of alkyl halides is 3. The number of benzene rings is 1. The molecule has 1 aromatic heterocycles. The van der Waals surface area contributed by atoms with Crippen LogP contribution >= 0.6 is 11.3 Å². The number of thiazole rings is 1. The Balaban J connectivity index is 1.89. The van der Waals surface area contributed by atoms with Crippen molar-refractivity contribution >= 4 is 38.6 Å². The SMILES string of the molecule is O=C(C=CC(=O)OCC(F)(F)F)Nc1nc2ccccc2s1. The van der Waals surface area contributed by atoms with E-state index in [1.807, 2.05) is 12.1 Å². The minimum absolute atomic E-state index is 0.319. The number of esters is 1. The summed E-state index contributed by atoms with van der Waals surface area (Å²) in [5.41, 5.74) is 0.705. The maximum absolute atomic E-state index is 11.8. The van der Waals surface area contributed by atoms with Crippen molar-refractivity contribution in [1.82, 2.24) is 4.98 Å². The van der Waals surface area contributed by atoms with Gasteiger partial charge in [-0.2, -0.15) is 13.2 Å². The zero-order valence-corrected chi connectivity index (χ0v) is 11.7. The quantitative estimate of drug-likeness (QED) is 0.691. The zero-order valence-electron chi connectivity index (χ0n) is 10.9. The second kappa shape index (κ2) is 6.56. The van der Waals surface area contributed by atoms with Crippen LogP contribution in [0.3, 0.4) is 0 Å². The zero-order chi connectivity index (χ0) is 16.2. The van der Waals surface area contributed by atoms with Gasteiger partial charge in [0, 0.05) is 12.2 Å². The van der Waals surface area contributed by atoms with Crippen LogP contribution in [0.1, 0.15) is 0 Å². The number of rotatable bonds is 4. The van der Waals surface area contributed by atoms with Crippen LogP contribution in [-0.2, 0) is 14.3 Å². The number of fused-ring (bicyclic) bond motifs is 1. The van der Waals surface area contributed by atoms with Gasteiger partial charge in [-0.15, -0.1) is 0 Å². The van der Waals surface area contributed by atoms with Crippen molar-refractivity contribution in [3.05, 3.63) is 36.4 Å². The normalized spacial score (nSPS) is 11.8. The molecule has 116 valence electrons. The lowest BCUT2D eigenvalue weighted by Crippen LogP contribution is -2.19. The van der Waals surface area contributed by atoms with Crippen LogP contribution in [0.5, 0.6) is 0 Å². The van der Waals surface area contributed by atoms with E-state index in [0.29, 0.717) is 16.7 Å². The molecule has 0 spiro atoms. The van der Waals surface area contributed by atoms with E-state index in [4.69, 9.17) is 0 Å². The minimum Gasteiger partial charge on any atom is -0.453 e. The number of carbonyl (C=O) groups is 2. The molecular formula is C13H9F3N2O3S. The summed E-state index contributed by atoms with van der Waals surface area (Å²) in [6, 6.07) is 7.21. The van der Waals surface area contributed by atoms with Gasteiger partial charge in [-0.3, -0.25) is 10.1 Å². The Hall–Kier alpha value is -2.42. The molecule has 1 heterocycles. The molecule has 0 saturated heterocycles. The number of anilines is 1. The van der Waals surface area contributed by atoms with Gasteiger partial charge >= 0.3 is 12.1 Å². The molecule has 0 radical (unpaired) electrons. The first-order valence-corrected chi connectivity index (χ1v) is 6.73. The molecule has 0 aliphatic rings. The molecule has 2 rings (SSSR count). The van der Waals surface area contributed by atoms with Gasteiger partial charge in [-0.25, -0.2) is 9.78 Å². The van der Waals surface area contributed by atoms with Crippen LogP contribution in [0.2, 0.25) is 0 Å². The Labute approximate surface area is 126 Å². The van der Waals surface area contributed by atoms with Gasteiger partial charge in [-0.05, 0) is 12.1 Å². The number of aromatic nitrogens is 1. The molecule has 5 nitrogen and oxygen atoms in total. The second-order valence-corrected chi connectivity index (χ2v) is 5.06. The third-order valence-electron chi connectivity index (χ3n) is 2.27. The van der Waals surface area contributed by atoms with Crippen molar-refractivity contribution in [2.75, 3.05) is 11.9 Å². The predicted octanol–water partition coefficient (Wildman–Crippen LogP) is 2.90. The summed E-state index contributed by atoms with van der Waals surface area (Å²) < 4.78 is 40.2. The summed E-state index contributed by atoms with van der Waals surface area (Å²) in [6.45, 7) is -1.70. The van der Waals surface area contributed by atoms with E-state index in [9.17, 15) is 22.8 Å². The highest BCUT2D eigenvalue weighted by molar-refractivity contribution is 7.22. The second-order valence-electron chi connectivity index (χ2n) is 4.03. The van der Waals surface area contributed by atoms with E-state index in [1.54, 1.807) is 12.1 Å². The minimum atomic E-state index is -4.60. The number of amides is 1. The highest BCUT2D eigenvalue weighted by atomic mass is 32.1. The molecule has 2 aromatic rings. The van der Waals surface area contributed by atoms with Gasteiger partial charge < -0.3 is 4.74 Å². The van der Waals surface area contributed by atoms with E-state index in [0.717, 1.165) is 10.8 Å². The average Bonchev–Trinajstić information content (AvgIpc) is 2.84. The van der Waals surface area contributed by atoms with Crippen molar-refractivity contribution in [2.45, 2.75) is 6.18 Å². The molecule has 1 amide bonds. The van der Waals surface area contributed by atoms with E-state index in [2.05, 4.69) is 15.0 Å². The smallest absolute Gasteiger partial charge is 0.422 e. The Morgan fingerprint density at radius 2 is 2.00 bits per heavy atom. The van der Waals surface area contributed by atoms with E-state index in [-0.39, 0.29) is 0 Å². The number of nitrogens with one attached hydrogen (secondary N) is 1. The Kier molecular flexibility index (Phi) is 4.76. The average molecular weight is 330 g/mol. The summed E-state index contributed by atoms with van der Waals surface area (Å²) in [7, 11) is 0. The molecular weight excluding hydrogens is 321 g/mol. The molecule has 0 fully saturated rings. The maximum atomic E-state index is 11.8. The monoisotopic (exact) mass is 330 g/mol. The van der Waals surface area contributed by atoms with Crippen molar-refractivity contribution in [3.63, 3.8) is 0 Å². The molecule has 0 saturated carbocycles. The molecule has 1 N–H and O–H groups in total. The van der Waals surface area contributed by atoms with E-state index >= 15 is 0 Å². The lowest BCUT2D eigenvalue weighted by Gasteiger charge is -2.05. The van der Waals surface area contributed by atoms with Gasteiger partial charge in [0.05, 0.1) is 10.2 Å². The molecule has 0 atom stereocenters. The third-order valence-corrected chi connectivity index (χ3v) is 3.22.